The summed E-state index contributed by atoms with van der Waals surface area (Å²) < 4.78 is 81.8. The molecule has 1 aliphatic heterocycles. The Balaban J connectivity index is 1.77. The van der Waals surface area contributed by atoms with Crippen LogP contribution >= 0.6 is 0 Å². The summed E-state index contributed by atoms with van der Waals surface area (Å²) in [4.78, 5) is 6.08. The van der Waals surface area contributed by atoms with Gasteiger partial charge in [0.1, 0.15) is 5.82 Å². The third-order valence-electron chi connectivity index (χ3n) is 5.89. The van der Waals surface area contributed by atoms with Crippen molar-refractivity contribution in [2.45, 2.75) is 37.5 Å². The number of alkyl halides is 3. The van der Waals surface area contributed by atoms with E-state index in [0.717, 1.165) is 11.6 Å². The van der Waals surface area contributed by atoms with Crippen molar-refractivity contribution in [1.29, 1.82) is 0 Å². The number of fused-ring (bicyclic) bond motifs is 1. The maximum atomic E-state index is 14.3. The van der Waals surface area contributed by atoms with E-state index in [9.17, 15) is 26.0 Å². The van der Waals surface area contributed by atoms with E-state index >= 15 is 0 Å². The summed E-state index contributed by atoms with van der Waals surface area (Å²) in [6.07, 6.45) is 4.23. The third-order valence-corrected chi connectivity index (χ3v) is 7.43. The number of aryl methyl sites for hydroxylation is 2. The molecule has 34 heavy (non-hydrogen) atoms. The van der Waals surface area contributed by atoms with E-state index < -0.39 is 40.5 Å². The summed E-state index contributed by atoms with van der Waals surface area (Å²) in [5.74, 6) is -0.557. The van der Waals surface area contributed by atoms with Gasteiger partial charge in [-0.1, -0.05) is 36.4 Å². The summed E-state index contributed by atoms with van der Waals surface area (Å²) in [5, 5.41) is 0. The number of rotatable bonds is 6. The van der Waals surface area contributed by atoms with Gasteiger partial charge in [0, 0.05) is 38.1 Å². The van der Waals surface area contributed by atoms with Gasteiger partial charge in [-0.05, 0) is 36.1 Å². The van der Waals surface area contributed by atoms with Crippen molar-refractivity contribution in [2.24, 2.45) is 7.05 Å². The van der Waals surface area contributed by atoms with Crippen LogP contribution in [0.1, 0.15) is 23.2 Å². The Hall–Kier alpha value is -2.92. The van der Waals surface area contributed by atoms with Gasteiger partial charge in [-0.3, -0.25) is 0 Å². The fraction of sp³-hybridized carbons (Fsp3) is 0.348. The highest BCUT2D eigenvalue weighted by Crippen LogP contribution is 2.36. The van der Waals surface area contributed by atoms with E-state index in [4.69, 9.17) is 0 Å². The molecule has 11 heteroatoms. The molecule has 0 spiro atoms. The first-order valence-corrected chi connectivity index (χ1v) is 12.1. The predicted molar refractivity (Wildman–Crippen MR) is 120 cm³/mol. The predicted octanol–water partition coefficient (Wildman–Crippen LogP) is 4.23. The number of nitrogens with zero attached hydrogens (tertiary/aromatic N) is 4. The molecule has 0 bridgehead atoms. The smallest absolute Gasteiger partial charge is 0.361 e. The van der Waals surface area contributed by atoms with Gasteiger partial charge in [0.05, 0.1) is 18.6 Å². The van der Waals surface area contributed by atoms with Crippen molar-refractivity contribution in [1.82, 2.24) is 13.9 Å². The second-order valence-corrected chi connectivity index (χ2v) is 10.3. The van der Waals surface area contributed by atoms with Crippen molar-refractivity contribution in [3.05, 3.63) is 83.7 Å². The lowest BCUT2D eigenvalue weighted by atomic mass is 10.0. The van der Waals surface area contributed by atoms with Crippen LogP contribution in [0, 0.1) is 5.82 Å². The molecule has 3 aromatic rings. The zero-order chi connectivity index (χ0) is 24.5. The molecular weight excluding hydrogens is 472 g/mol. The van der Waals surface area contributed by atoms with E-state index in [1.165, 1.54) is 12.1 Å². The van der Waals surface area contributed by atoms with Crippen molar-refractivity contribution < 1.29 is 26.0 Å². The van der Waals surface area contributed by atoms with Crippen LogP contribution in [0.5, 0.6) is 0 Å². The maximum absolute atomic E-state index is 14.3. The summed E-state index contributed by atoms with van der Waals surface area (Å²) in [6, 6.07) is 12.4. The van der Waals surface area contributed by atoms with Gasteiger partial charge >= 0.3 is 15.5 Å². The molecule has 0 saturated carbocycles. The van der Waals surface area contributed by atoms with Crippen LogP contribution in [0.3, 0.4) is 0 Å². The minimum Gasteiger partial charge on any atom is -0.361 e. The fourth-order valence-electron chi connectivity index (χ4n) is 4.21. The Morgan fingerprint density at radius 1 is 1.12 bits per heavy atom. The summed E-state index contributed by atoms with van der Waals surface area (Å²) in [5.41, 5.74) is -3.17. The van der Waals surface area contributed by atoms with Crippen LogP contribution in [0.25, 0.3) is 0 Å². The Kier molecular flexibility index (Phi) is 6.68. The largest absolute Gasteiger partial charge is 0.511 e. The zero-order valence-electron chi connectivity index (χ0n) is 18.4. The Labute approximate surface area is 195 Å². The van der Waals surface area contributed by atoms with E-state index in [2.05, 4.69) is 4.98 Å². The Bertz CT molecular complexity index is 1250. The second kappa shape index (κ2) is 9.38. The number of anilines is 1. The van der Waals surface area contributed by atoms with E-state index in [-0.39, 0.29) is 6.54 Å². The fourth-order valence-corrected chi connectivity index (χ4v) is 5.19. The number of aromatic nitrogens is 2. The lowest BCUT2D eigenvalue weighted by Gasteiger charge is -2.34. The highest BCUT2D eigenvalue weighted by molar-refractivity contribution is 7.89. The normalized spacial score (nSPS) is 17.4. The minimum absolute atomic E-state index is 0.191. The molecule has 0 N–H and O–H groups in total. The number of hydrogen-bond donors (Lipinski definition) is 0. The van der Waals surface area contributed by atoms with Crippen molar-refractivity contribution in [2.75, 3.05) is 11.4 Å². The van der Waals surface area contributed by atoms with Gasteiger partial charge in [0.15, 0.2) is 0 Å². The van der Waals surface area contributed by atoms with Gasteiger partial charge in [0.25, 0.3) is 0 Å². The molecule has 2 aromatic carbocycles. The van der Waals surface area contributed by atoms with E-state index in [1.807, 2.05) is 30.3 Å². The molecule has 2 heterocycles. The molecule has 4 rings (SSSR count). The van der Waals surface area contributed by atoms with Gasteiger partial charge in [-0.15, -0.1) is 0 Å². The number of benzene rings is 2. The topological polar surface area (TPSA) is 58.4 Å². The van der Waals surface area contributed by atoms with Crippen LogP contribution < -0.4 is 4.90 Å². The molecule has 0 saturated heterocycles. The molecule has 182 valence electrons. The van der Waals surface area contributed by atoms with Gasteiger partial charge < -0.3 is 9.47 Å². The molecule has 1 unspecified atom stereocenters. The SMILES string of the molecule is Cn1cnc(CN2c3cc(F)ccc3CN(S(=O)(=O)C(F)(F)F)CC2CCc2ccccc2)c1. The van der Waals surface area contributed by atoms with Crippen molar-refractivity contribution in [3.63, 3.8) is 0 Å². The highest BCUT2D eigenvalue weighted by atomic mass is 32.2. The molecule has 0 amide bonds. The number of hydrogen-bond acceptors (Lipinski definition) is 4. The molecule has 0 radical (unpaired) electrons. The first kappa shape index (κ1) is 24.2. The molecule has 1 aromatic heterocycles. The minimum atomic E-state index is -5.59. The monoisotopic (exact) mass is 496 g/mol. The molecule has 0 aliphatic carbocycles. The Morgan fingerprint density at radius 2 is 1.85 bits per heavy atom. The lowest BCUT2D eigenvalue weighted by molar-refractivity contribution is -0.0492. The summed E-state index contributed by atoms with van der Waals surface area (Å²) >= 11 is 0. The Morgan fingerprint density at radius 3 is 2.50 bits per heavy atom. The number of sulfonamides is 1. The third kappa shape index (κ3) is 5.10. The molecule has 1 aliphatic rings. The molecule has 1 atom stereocenters. The molecule has 0 fully saturated rings. The quantitative estimate of drug-likeness (QED) is 0.480. The average Bonchev–Trinajstić information content (AvgIpc) is 3.12. The first-order chi connectivity index (χ1) is 16.0. The standard InChI is InChI=1S/C23H24F4N4O2S/c1-29-13-20(28-16-29)14-31-21(10-7-17-5-3-2-4-6-17)15-30(34(32,33)23(25,26)27)12-18-8-9-19(24)11-22(18)31/h2-6,8-9,11,13,16,21H,7,10,12,14-15H2,1H3. The zero-order valence-corrected chi connectivity index (χ0v) is 19.2. The van der Waals surface area contributed by atoms with E-state index in [1.54, 1.807) is 29.0 Å². The average molecular weight is 497 g/mol. The van der Waals surface area contributed by atoms with E-state index in [0.29, 0.717) is 34.1 Å². The highest BCUT2D eigenvalue weighted by Gasteiger charge is 2.51. The first-order valence-electron chi connectivity index (χ1n) is 10.7. The summed E-state index contributed by atoms with van der Waals surface area (Å²) in [7, 11) is -3.80. The van der Waals surface area contributed by atoms with Crippen LogP contribution in [-0.2, 0) is 36.6 Å². The molecular formula is C23H24F4N4O2S. The number of imidazole rings is 1. The van der Waals surface area contributed by atoms with Crippen LogP contribution in [0.2, 0.25) is 0 Å². The van der Waals surface area contributed by atoms with Crippen molar-refractivity contribution in [3.8, 4) is 0 Å². The second-order valence-electron chi connectivity index (χ2n) is 8.35. The van der Waals surface area contributed by atoms with Gasteiger partial charge in [-0.25, -0.2) is 17.8 Å². The lowest BCUT2D eigenvalue weighted by Crippen LogP contribution is -2.47. The molecule has 6 nitrogen and oxygen atoms in total. The maximum Gasteiger partial charge on any atom is 0.511 e. The van der Waals surface area contributed by atoms with Crippen molar-refractivity contribution >= 4 is 15.7 Å². The van der Waals surface area contributed by atoms with Crippen LogP contribution in [0.4, 0.5) is 23.2 Å². The van der Waals surface area contributed by atoms with Gasteiger partial charge in [0.2, 0.25) is 0 Å². The van der Waals surface area contributed by atoms with Gasteiger partial charge in [-0.2, -0.15) is 17.5 Å². The van der Waals surface area contributed by atoms with Crippen LogP contribution in [-0.4, -0.2) is 40.4 Å². The van der Waals surface area contributed by atoms with Crippen LogP contribution in [0.15, 0.2) is 61.1 Å². The summed E-state index contributed by atoms with van der Waals surface area (Å²) in [6.45, 7) is -0.702. The number of halogens is 4.